The third-order valence-corrected chi connectivity index (χ3v) is 5.81. The van der Waals surface area contributed by atoms with E-state index in [1.54, 1.807) is 29.4 Å². The van der Waals surface area contributed by atoms with Crippen LogP contribution in [0.2, 0.25) is 0 Å². The second-order valence-corrected chi connectivity index (χ2v) is 7.58. The molecule has 158 valence electrons. The van der Waals surface area contributed by atoms with Crippen LogP contribution in [0.5, 0.6) is 0 Å². The molecule has 2 fully saturated rings. The lowest BCUT2D eigenvalue weighted by Crippen LogP contribution is -2.51. The van der Waals surface area contributed by atoms with E-state index in [-0.39, 0.29) is 48.6 Å². The first kappa shape index (κ1) is 24.7. The van der Waals surface area contributed by atoms with E-state index in [2.05, 4.69) is 10.3 Å². The number of nitrogens with two attached hydrogens (primary N) is 1. The molecule has 28 heavy (non-hydrogen) atoms. The molecule has 1 aliphatic carbocycles. The Labute approximate surface area is 179 Å². The number of pyridine rings is 1. The average molecular weight is 431 g/mol. The Morgan fingerprint density at radius 2 is 1.79 bits per heavy atom. The Kier molecular flexibility index (Phi) is 10.8. The predicted molar refractivity (Wildman–Crippen MR) is 115 cm³/mol. The predicted octanol–water partition coefficient (Wildman–Crippen LogP) is 2.80. The van der Waals surface area contributed by atoms with Crippen LogP contribution in [0.25, 0.3) is 0 Å². The molecule has 0 spiro atoms. The van der Waals surface area contributed by atoms with Gasteiger partial charge in [0.05, 0.1) is 5.92 Å². The van der Waals surface area contributed by atoms with Crippen molar-refractivity contribution in [3.63, 3.8) is 0 Å². The number of rotatable bonds is 5. The molecule has 2 aliphatic rings. The minimum Gasteiger partial charge on any atom is -0.352 e. The topological polar surface area (TPSA) is 88.3 Å². The second-order valence-electron chi connectivity index (χ2n) is 7.58. The van der Waals surface area contributed by atoms with Crippen LogP contribution in [0, 0.1) is 11.8 Å². The molecular formula is C20H32Cl2N4O2. The highest BCUT2D eigenvalue weighted by atomic mass is 35.5. The summed E-state index contributed by atoms with van der Waals surface area (Å²) in [5.74, 6) is 0.383. The Balaban J connectivity index is 0.00000196. The van der Waals surface area contributed by atoms with Crippen molar-refractivity contribution in [2.75, 3.05) is 19.6 Å². The van der Waals surface area contributed by atoms with E-state index in [0.29, 0.717) is 31.1 Å². The Hall–Kier alpha value is -1.37. The van der Waals surface area contributed by atoms with Gasteiger partial charge in [0.25, 0.3) is 5.91 Å². The molecule has 1 aliphatic heterocycles. The van der Waals surface area contributed by atoms with Crippen molar-refractivity contribution in [3.8, 4) is 0 Å². The van der Waals surface area contributed by atoms with Crippen molar-refractivity contribution >= 4 is 36.6 Å². The fourth-order valence-corrected chi connectivity index (χ4v) is 4.26. The summed E-state index contributed by atoms with van der Waals surface area (Å²) in [5, 5.41) is 3.19. The van der Waals surface area contributed by atoms with Crippen molar-refractivity contribution in [1.29, 1.82) is 0 Å². The molecule has 2 heterocycles. The van der Waals surface area contributed by atoms with Gasteiger partial charge < -0.3 is 16.0 Å². The van der Waals surface area contributed by atoms with Crippen LogP contribution in [-0.2, 0) is 4.79 Å². The molecule has 1 saturated carbocycles. The third kappa shape index (κ3) is 6.33. The van der Waals surface area contributed by atoms with Crippen molar-refractivity contribution in [2.24, 2.45) is 17.6 Å². The Morgan fingerprint density at radius 3 is 2.43 bits per heavy atom. The molecule has 3 rings (SSSR count). The Bertz CT molecular complexity index is 611. The van der Waals surface area contributed by atoms with Crippen LogP contribution >= 0.6 is 24.8 Å². The standard InChI is InChI=1S/C20H30N4O2.2ClH/c21-13-18(15-5-2-1-3-6-15)23-19(25)17-7-4-12-24(14-17)20(26)16-8-10-22-11-9-16;;/h8-11,15,17-18H,1-7,12-14,21H2,(H,23,25);2*1H. The summed E-state index contributed by atoms with van der Waals surface area (Å²) in [6.07, 6.45) is 11.0. The average Bonchev–Trinajstić information content (AvgIpc) is 2.72. The fourth-order valence-electron chi connectivity index (χ4n) is 4.26. The van der Waals surface area contributed by atoms with E-state index in [4.69, 9.17) is 5.73 Å². The normalized spacial score (nSPS) is 21.0. The number of aromatic nitrogens is 1. The summed E-state index contributed by atoms with van der Waals surface area (Å²) >= 11 is 0. The molecule has 1 saturated heterocycles. The molecule has 8 heteroatoms. The zero-order valence-corrected chi connectivity index (χ0v) is 17.9. The molecule has 0 aromatic carbocycles. The summed E-state index contributed by atoms with van der Waals surface area (Å²) in [6.45, 7) is 1.67. The van der Waals surface area contributed by atoms with E-state index in [1.807, 2.05) is 0 Å². The summed E-state index contributed by atoms with van der Waals surface area (Å²) in [5.41, 5.74) is 6.58. The maximum absolute atomic E-state index is 12.8. The number of hydrogen-bond donors (Lipinski definition) is 2. The van der Waals surface area contributed by atoms with Crippen molar-refractivity contribution in [3.05, 3.63) is 30.1 Å². The highest BCUT2D eigenvalue weighted by molar-refractivity contribution is 5.94. The Morgan fingerprint density at radius 1 is 1.11 bits per heavy atom. The van der Waals surface area contributed by atoms with Crippen LogP contribution in [0.3, 0.4) is 0 Å². The molecule has 6 nitrogen and oxygen atoms in total. The molecule has 3 N–H and O–H groups in total. The summed E-state index contributed by atoms with van der Waals surface area (Å²) in [4.78, 5) is 31.2. The highest BCUT2D eigenvalue weighted by Gasteiger charge is 2.31. The minimum atomic E-state index is -0.146. The molecule has 2 amide bonds. The smallest absolute Gasteiger partial charge is 0.253 e. The van der Waals surface area contributed by atoms with Gasteiger partial charge in [0.2, 0.25) is 5.91 Å². The molecule has 0 bridgehead atoms. The van der Waals surface area contributed by atoms with Gasteiger partial charge in [0, 0.05) is 43.6 Å². The number of piperidine rings is 1. The number of carbonyl (C=O) groups is 2. The highest BCUT2D eigenvalue weighted by Crippen LogP contribution is 2.27. The van der Waals surface area contributed by atoms with Crippen LogP contribution in [0.1, 0.15) is 55.3 Å². The summed E-state index contributed by atoms with van der Waals surface area (Å²) in [7, 11) is 0. The third-order valence-electron chi connectivity index (χ3n) is 5.81. The summed E-state index contributed by atoms with van der Waals surface area (Å²) < 4.78 is 0. The molecule has 0 radical (unpaired) electrons. The van der Waals surface area contributed by atoms with Gasteiger partial charge in [0.1, 0.15) is 0 Å². The molecular weight excluding hydrogens is 399 g/mol. The fraction of sp³-hybridized carbons (Fsp3) is 0.650. The molecule has 2 unspecified atom stereocenters. The van der Waals surface area contributed by atoms with Crippen LogP contribution in [-0.4, -0.2) is 47.4 Å². The van der Waals surface area contributed by atoms with Gasteiger partial charge in [-0.1, -0.05) is 19.3 Å². The largest absolute Gasteiger partial charge is 0.352 e. The van der Waals surface area contributed by atoms with Gasteiger partial charge in [-0.15, -0.1) is 24.8 Å². The number of nitrogens with one attached hydrogen (secondary N) is 1. The van der Waals surface area contributed by atoms with Gasteiger partial charge >= 0.3 is 0 Å². The molecule has 1 aromatic heterocycles. The maximum Gasteiger partial charge on any atom is 0.253 e. The van der Waals surface area contributed by atoms with Crippen molar-refractivity contribution in [1.82, 2.24) is 15.2 Å². The van der Waals surface area contributed by atoms with E-state index >= 15 is 0 Å². The van der Waals surface area contributed by atoms with E-state index in [0.717, 1.165) is 25.7 Å². The SMILES string of the molecule is Cl.Cl.NCC(NC(=O)C1CCCN(C(=O)c2ccncc2)C1)C1CCCCC1. The second kappa shape index (κ2) is 12.2. The zero-order chi connectivity index (χ0) is 18.4. The number of nitrogens with zero attached hydrogens (tertiary/aromatic N) is 2. The first-order valence-electron chi connectivity index (χ1n) is 9.88. The van der Waals surface area contributed by atoms with Gasteiger partial charge in [-0.25, -0.2) is 0 Å². The zero-order valence-electron chi connectivity index (χ0n) is 16.2. The first-order valence-corrected chi connectivity index (χ1v) is 9.88. The van der Waals surface area contributed by atoms with Crippen molar-refractivity contribution < 1.29 is 9.59 Å². The van der Waals surface area contributed by atoms with Gasteiger partial charge in [-0.05, 0) is 43.7 Å². The van der Waals surface area contributed by atoms with Gasteiger partial charge in [-0.3, -0.25) is 14.6 Å². The quantitative estimate of drug-likeness (QED) is 0.751. The van der Waals surface area contributed by atoms with E-state index < -0.39 is 0 Å². The monoisotopic (exact) mass is 430 g/mol. The molecule has 2 atom stereocenters. The van der Waals surface area contributed by atoms with Crippen LogP contribution in [0.15, 0.2) is 24.5 Å². The number of hydrogen-bond acceptors (Lipinski definition) is 4. The van der Waals surface area contributed by atoms with Crippen molar-refractivity contribution in [2.45, 2.75) is 51.0 Å². The first-order chi connectivity index (χ1) is 12.7. The van der Waals surface area contributed by atoms with E-state index in [1.165, 1.54) is 19.3 Å². The van der Waals surface area contributed by atoms with Gasteiger partial charge in [-0.2, -0.15) is 0 Å². The maximum atomic E-state index is 12.8. The van der Waals surface area contributed by atoms with Gasteiger partial charge in [0.15, 0.2) is 0 Å². The number of likely N-dealkylation sites (tertiary alicyclic amines) is 1. The lowest BCUT2D eigenvalue weighted by atomic mass is 9.83. The van der Waals surface area contributed by atoms with Crippen LogP contribution in [0.4, 0.5) is 0 Å². The number of halogens is 2. The minimum absolute atomic E-state index is 0. The number of amides is 2. The van der Waals surface area contributed by atoms with E-state index in [9.17, 15) is 9.59 Å². The number of carbonyl (C=O) groups excluding carboxylic acids is 2. The van der Waals surface area contributed by atoms with Crippen LogP contribution < -0.4 is 11.1 Å². The summed E-state index contributed by atoms with van der Waals surface area (Å²) in [6, 6.07) is 3.51. The lowest BCUT2D eigenvalue weighted by molar-refractivity contribution is -0.127. The molecule has 1 aromatic rings. The lowest BCUT2D eigenvalue weighted by Gasteiger charge is -2.35.